The van der Waals surface area contributed by atoms with E-state index in [1.807, 2.05) is 4.90 Å². The zero-order valence-corrected chi connectivity index (χ0v) is 16.9. The third-order valence-corrected chi connectivity index (χ3v) is 5.68. The molecule has 0 bridgehead atoms. The molecule has 2 atom stereocenters. The highest BCUT2D eigenvalue weighted by molar-refractivity contribution is 6.04. The van der Waals surface area contributed by atoms with E-state index in [-0.39, 0.29) is 29.5 Å². The highest BCUT2D eigenvalue weighted by atomic mass is 16.6. The molecule has 2 aliphatic rings. The first kappa shape index (κ1) is 20.5. The lowest BCUT2D eigenvalue weighted by atomic mass is 9.92. The number of rotatable bonds is 4. The molecule has 0 spiro atoms. The van der Waals surface area contributed by atoms with E-state index < -0.39 is 28.2 Å². The standard InChI is InChI=1S/C20H22N6O5/c1-11-4-2-3-9-25(11)20-23-17-16(19(29)24-20)14(10-15(27)22-17)18(28)21-12-5-7-13(8-6-12)26(30)31/h5-8,11,14H,2-4,9-10H2,1H3,(H,21,28)(H2,22,23,24,27,29)/t11-,14+/m1/s1. The van der Waals surface area contributed by atoms with Gasteiger partial charge in [0, 0.05) is 36.8 Å². The minimum Gasteiger partial charge on any atom is -0.340 e. The molecular formula is C20H22N6O5. The van der Waals surface area contributed by atoms with Crippen LogP contribution < -0.4 is 21.1 Å². The molecule has 0 aliphatic carbocycles. The number of piperidine rings is 1. The lowest BCUT2D eigenvalue weighted by Crippen LogP contribution is -2.41. The molecule has 1 fully saturated rings. The summed E-state index contributed by atoms with van der Waals surface area (Å²) in [7, 11) is 0. The molecule has 1 aromatic heterocycles. The number of aromatic amines is 1. The maximum absolute atomic E-state index is 12.9. The average Bonchev–Trinajstić information content (AvgIpc) is 2.73. The van der Waals surface area contributed by atoms with E-state index in [2.05, 4.69) is 27.5 Å². The summed E-state index contributed by atoms with van der Waals surface area (Å²) in [4.78, 5) is 57.5. The Labute approximate surface area is 177 Å². The van der Waals surface area contributed by atoms with Crippen molar-refractivity contribution in [1.82, 2.24) is 9.97 Å². The van der Waals surface area contributed by atoms with Gasteiger partial charge in [0.25, 0.3) is 11.2 Å². The molecular weight excluding hydrogens is 404 g/mol. The van der Waals surface area contributed by atoms with Crippen LogP contribution in [0.5, 0.6) is 0 Å². The zero-order valence-electron chi connectivity index (χ0n) is 16.9. The molecule has 4 rings (SSSR count). The largest absolute Gasteiger partial charge is 0.340 e. The Morgan fingerprint density at radius 2 is 2.00 bits per heavy atom. The van der Waals surface area contributed by atoms with Crippen LogP contribution >= 0.6 is 0 Å². The fourth-order valence-electron chi connectivity index (χ4n) is 4.03. The van der Waals surface area contributed by atoms with Crippen molar-refractivity contribution in [1.29, 1.82) is 0 Å². The van der Waals surface area contributed by atoms with Gasteiger partial charge in [0.1, 0.15) is 5.82 Å². The molecule has 2 aromatic rings. The van der Waals surface area contributed by atoms with E-state index >= 15 is 0 Å². The van der Waals surface area contributed by atoms with Gasteiger partial charge in [-0.1, -0.05) is 0 Å². The lowest BCUT2D eigenvalue weighted by molar-refractivity contribution is -0.384. The van der Waals surface area contributed by atoms with Crippen LogP contribution in [0.3, 0.4) is 0 Å². The minimum atomic E-state index is -1.02. The van der Waals surface area contributed by atoms with Crippen molar-refractivity contribution in [2.45, 2.75) is 44.6 Å². The zero-order chi connectivity index (χ0) is 22.1. The predicted octanol–water partition coefficient (Wildman–Crippen LogP) is 2.12. The highest BCUT2D eigenvalue weighted by Crippen LogP contribution is 2.31. The Morgan fingerprint density at radius 3 is 2.68 bits per heavy atom. The Balaban J connectivity index is 1.62. The molecule has 0 unspecified atom stereocenters. The number of hydrogen-bond donors (Lipinski definition) is 3. The molecule has 11 nitrogen and oxygen atoms in total. The van der Waals surface area contributed by atoms with Gasteiger partial charge in [-0.2, -0.15) is 4.98 Å². The Kier molecular flexibility index (Phi) is 5.40. The monoisotopic (exact) mass is 426 g/mol. The second-order valence-electron chi connectivity index (χ2n) is 7.79. The van der Waals surface area contributed by atoms with Gasteiger partial charge in [-0.3, -0.25) is 29.5 Å². The number of benzene rings is 1. The van der Waals surface area contributed by atoms with Crippen LogP contribution in [-0.2, 0) is 9.59 Å². The Bertz CT molecular complexity index is 1100. The predicted molar refractivity (Wildman–Crippen MR) is 113 cm³/mol. The number of nitrogens with zero attached hydrogens (tertiary/aromatic N) is 3. The minimum absolute atomic E-state index is 0.0941. The van der Waals surface area contributed by atoms with Crippen molar-refractivity contribution >= 4 is 35.0 Å². The summed E-state index contributed by atoms with van der Waals surface area (Å²) in [6.45, 7) is 2.80. The van der Waals surface area contributed by atoms with Crippen molar-refractivity contribution in [3.05, 3.63) is 50.3 Å². The number of non-ortho nitro benzene ring substituents is 1. The number of nitro groups is 1. The lowest BCUT2D eigenvalue weighted by Gasteiger charge is -2.34. The first-order valence-electron chi connectivity index (χ1n) is 10.1. The number of H-pyrrole nitrogens is 1. The molecule has 2 aliphatic heterocycles. The number of nitro benzene ring substituents is 1. The van der Waals surface area contributed by atoms with Crippen molar-refractivity contribution in [3.8, 4) is 0 Å². The van der Waals surface area contributed by atoms with Crippen LogP contribution in [0, 0.1) is 10.1 Å². The fourth-order valence-corrected chi connectivity index (χ4v) is 4.03. The summed E-state index contributed by atoms with van der Waals surface area (Å²) >= 11 is 0. The molecule has 3 heterocycles. The third kappa shape index (κ3) is 4.11. The van der Waals surface area contributed by atoms with E-state index in [4.69, 9.17) is 0 Å². The second-order valence-corrected chi connectivity index (χ2v) is 7.79. The van der Waals surface area contributed by atoms with E-state index in [1.54, 1.807) is 0 Å². The van der Waals surface area contributed by atoms with Crippen LogP contribution in [0.25, 0.3) is 0 Å². The number of aromatic nitrogens is 2. The number of hydrogen-bond acceptors (Lipinski definition) is 7. The highest BCUT2D eigenvalue weighted by Gasteiger charge is 2.35. The fraction of sp³-hybridized carbons (Fsp3) is 0.400. The van der Waals surface area contributed by atoms with Crippen LogP contribution in [0.15, 0.2) is 29.1 Å². The van der Waals surface area contributed by atoms with Gasteiger partial charge in [0.2, 0.25) is 17.8 Å². The Hall–Kier alpha value is -3.76. The quantitative estimate of drug-likeness (QED) is 0.500. The topological polar surface area (TPSA) is 150 Å². The van der Waals surface area contributed by atoms with E-state index in [9.17, 15) is 24.5 Å². The van der Waals surface area contributed by atoms with Gasteiger partial charge in [-0.25, -0.2) is 0 Å². The molecule has 162 valence electrons. The Morgan fingerprint density at radius 1 is 1.26 bits per heavy atom. The molecule has 2 amide bonds. The summed E-state index contributed by atoms with van der Waals surface area (Å²) in [6.07, 6.45) is 2.87. The maximum Gasteiger partial charge on any atom is 0.269 e. The summed E-state index contributed by atoms with van der Waals surface area (Å²) in [5.74, 6) is -1.52. The van der Waals surface area contributed by atoms with Crippen molar-refractivity contribution in [2.75, 3.05) is 22.1 Å². The molecule has 0 saturated carbocycles. The van der Waals surface area contributed by atoms with Crippen LogP contribution in [0.2, 0.25) is 0 Å². The van der Waals surface area contributed by atoms with Crippen molar-refractivity contribution in [3.63, 3.8) is 0 Å². The molecule has 11 heteroatoms. The number of fused-ring (bicyclic) bond motifs is 1. The molecule has 31 heavy (non-hydrogen) atoms. The first-order chi connectivity index (χ1) is 14.8. The molecule has 1 saturated heterocycles. The maximum atomic E-state index is 12.9. The molecule has 1 aromatic carbocycles. The van der Waals surface area contributed by atoms with Gasteiger partial charge < -0.3 is 15.5 Å². The van der Waals surface area contributed by atoms with E-state index in [0.717, 1.165) is 25.8 Å². The van der Waals surface area contributed by atoms with E-state index in [1.165, 1.54) is 24.3 Å². The van der Waals surface area contributed by atoms with Gasteiger partial charge in [0.05, 0.1) is 16.4 Å². The third-order valence-electron chi connectivity index (χ3n) is 5.68. The normalized spacial score (nSPS) is 20.5. The summed E-state index contributed by atoms with van der Waals surface area (Å²) in [6, 6.07) is 5.51. The van der Waals surface area contributed by atoms with Crippen molar-refractivity contribution in [2.24, 2.45) is 0 Å². The number of anilines is 3. The van der Waals surface area contributed by atoms with Gasteiger partial charge >= 0.3 is 0 Å². The van der Waals surface area contributed by atoms with Crippen LogP contribution in [0.4, 0.5) is 23.1 Å². The molecule has 3 N–H and O–H groups in total. The van der Waals surface area contributed by atoms with Crippen molar-refractivity contribution < 1.29 is 14.5 Å². The van der Waals surface area contributed by atoms with Crippen LogP contribution in [-0.4, -0.2) is 39.3 Å². The summed E-state index contributed by atoms with van der Waals surface area (Å²) < 4.78 is 0. The number of amides is 2. The van der Waals surface area contributed by atoms with Gasteiger partial charge in [-0.05, 0) is 38.3 Å². The van der Waals surface area contributed by atoms with E-state index in [0.29, 0.717) is 11.6 Å². The second kappa shape index (κ2) is 8.17. The average molecular weight is 426 g/mol. The molecule has 0 radical (unpaired) electrons. The number of carbonyl (C=O) groups is 2. The number of carbonyl (C=O) groups excluding carboxylic acids is 2. The first-order valence-corrected chi connectivity index (χ1v) is 10.1. The SMILES string of the molecule is C[C@@H]1CCCCN1c1nc2c(c(=O)[nH]1)[C@@H](C(=O)Nc1ccc([N+](=O)[O-])cc1)CC(=O)N2. The number of nitrogens with one attached hydrogen (secondary N) is 3. The summed E-state index contributed by atoms with van der Waals surface area (Å²) in [5.41, 5.74) is -0.152. The smallest absolute Gasteiger partial charge is 0.269 e. The van der Waals surface area contributed by atoms with Crippen LogP contribution in [0.1, 0.15) is 44.1 Å². The summed E-state index contributed by atoms with van der Waals surface area (Å²) in [5, 5.41) is 16.0. The van der Waals surface area contributed by atoms with Gasteiger partial charge in [0.15, 0.2) is 0 Å². The van der Waals surface area contributed by atoms with Gasteiger partial charge in [-0.15, -0.1) is 0 Å².